The Balaban J connectivity index is 2.39. The van der Waals surface area contributed by atoms with Crippen molar-refractivity contribution in [3.63, 3.8) is 0 Å². The molecule has 0 spiro atoms. The molecule has 2 aromatic rings. The highest BCUT2D eigenvalue weighted by Gasteiger charge is 2.15. The molecule has 1 N–H and O–H groups in total. The van der Waals surface area contributed by atoms with Crippen molar-refractivity contribution in [1.82, 2.24) is 14.6 Å². The van der Waals surface area contributed by atoms with Crippen LogP contribution in [0.25, 0.3) is 5.65 Å². The molecule has 2 heterocycles. The van der Waals surface area contributed by atoms with E-state index in [0.29, 0.717) is 0 Å². The lowest BCUT2D eigenvalue weighted by Gasteiger charge is -2.14. The minimum absolute atomic E-state index is 0.174. The lowest BCUT2D eigenvalue weighted by atomic mass is 9.92. The third-order valence-electron chi connectivity index (χ3n) is 2.05. The first-order chi connectivity index (χ1) is 6.94. The van der Waals surface area contributed by atoms with Crippen LogP contribution in [0.15, 0.2) is 18.3 Å². The summed E-state index contributed by atoms with van der Waals surface area (Å²) in [4.78, 5) is 4.38. The molecule has 0 aliphatic heterocycles. The first-order valence-corrected chi connectivity index (χ1v) is 4.98. The second-order valence-electron chi connectivity index (χ2n) is 4.96. The third-order valence-corrected chi connectivity index (χ3v) is 2.05. The fourth-order valence-electron chi connectivity index (χ4n) is 1.47. The summed E-state index contributed by atoms with van der Waals surface area (Å²) >= 11 is 0. The molecule has 0 aliphatic carbocycles. The van der Waals surface area contributed by atoms with Crippen molar-refractivity contribution in [2.75, 3.05) is 0 Å². The first kappa shape index (κ1) is 9.96. The number of hydrogen-bond donors (Lipinski definition) is 1. The van der Waals surface area contributed by atoms with Gasteiger partial charge in [-0.1, -0.05) is 20.8 Å². The molecule has 0 bridgehead atoms. The Bertz CT molecular complexity index is 482. The fraction of sp³-hybridized carbons (Fsp3) is 0.455. The van der Waals surface area contributed by atoms with E-state index in [4.69, 9.17) is 0 Å². The molecule has 0 saturated heterocycles. The molecular weight excluding hydrogens is 190 g/mol. The maximum atomic E-state index is 9.28. The van der Waals surface area contributed by atoms with E-state index >= 15 is 0 Å². The summed E-state index contributed by atoms with van der Waals surface area (Å²) in [6.07, 6.45) is 2.39. The molecule has 0 aromatic carbocycles. The molecule has 0 saturated carbocycles. The number of rotatable bonds is 1. The number of pyridine rings is 1. The minimum atomic E-state index is 0.174. The van der Waals surface area contributed by atoms with Gasteiger partial charge in [-0.15, -0.1) is 0 Å². The second-order valence-corrected chi connectivity index (χ2v) is 4.96. The van der Waals surface area contributed by atoms with Crippen LogP contribution >= 0.6 is 0 Å². The van der Waals surface area contributed by atoms with Gasteiger partial charge in [0.1, 0.15) is 5.75 Å². The summed E-state index contributed by atoms with van der Waals surface area (Å²) in [5, 5.41) is 13.6. The molecule has 0 unspecified atom stereocenters. The van der Waals surface area contributed by atoms with Gasteiger partial charge in [0.2, 0.25) is 0 Å². The monoisotopic (exact) mass is 205 g/mol. The van der Waals surface area contributed by atoms with E-state index in [1.54, 1.807) is 22.8 Å². The van der Waals surface area contributed by atoms with Crippen molar-refractivity contribution in [2.45, 2.75) is 27.2 Å². The van der Waals surface area contributed by atoms with Crippen LogP contribution in [-0.2, 0) is 6.42 Å². The van der Waals surface area contributed by atoms with Crippen LogP contribution in [0.1, 0.15) is 26.6 Å². The van der Waals surface area contributed by atoms with Crippen LogP contribution in [0.3, 0.4) is 0 Å². The minimum Gasteiger partial charge on any atom is -0.506 e. The molecule has 15 heavy (non-hydrogen) atoms. The average molecular weight is 205 g/mol. The molecule has 80 valence electrons. The second kappa shape index (κ2) is 3.22. The lowest BCUT2D eigenvalue weighted by molar-refractivity contribution is 0.400. The standard InChI is InChI=1S/C11H15N3O/c1-11(2,3)6-9-12-10-5-4-8(15)7-14(10)13-9/h4-5,7,15H,6H2,1-3H3. The molecule has 0 amide bonds. The number of nitrogens with zero attached hydrogens (tertiary/aromatic N) is 3. The number of hydrogen-bond acceptors (Lipinski definition) is 3. The topological polar surface area (TPSA) is 50.4 Å². The Morgan fingerprint density at radius 1 is 1.33 bits per heavy atom. The van der Waals surface area contributed by atoms with Crippen molar-refractivity contribution >= 4 is 5.65 Å². The Labute approximate surface area is 88.6 Å². The normalized spacial score (nSPS) is 12.2. The number of aromatic hydroxyl groups is 1. The van der Waals surface area contributed by atoms with Crippen LogP contribution in [0.2, 0.25) is 0 Å². The maximum Gasteiger partial charge on any atom is 0.155 e. The molecule has 4 heteroatoms. The van der Waals surface area contributed by atoms with E-state index in [9.17, 15) is 5.11 Å². The zero-order chi connectivity index (χ0) is 11.1. The Kier molecular flexibility index (Phi) is 2.14. The zero-order valence-corrected chi connectivity index (χ0v) is 9.23. The molecule has 0 atom stereocenters. The predicted molar refractivity (Wildman–Crippen MR) is 57.8 cm³/mol. The summed E-state index contributed by atoms with van der Waals surface area (Å²) < 4.78 is 1.61. The van der Waals surface area contributed by atoms with Gasteiger partial charge in [0.05, 0.1) is 6.20 Å². The van der Waals surface area contributed by atoms with Crippen LogP contribution < -0.4 is 0 Å². The van der Waals surface area contributed by atoms with Crippen LogP contribution in [0.5, 0.6) is 5.75 Å². The maximum absolute atomic E-state index is 9.28. The summed E-state index contributed by atoms with van der Waals surface area (Å²) in [7, 11) is 0. The van der Waals surface area contributed by atoms with Gasteiger partial charge >= 0.3 is 0 Å². The lowest BCUT2D eigenvalue weighted by Crippen LogP contribution is -2.10. The molecule has 0 aliphatic rings. The summed E-state index contributed by atoms with van der Waals surface area (Å²) in [6, 6.07) is 3.37. The van der Waals surface area contributed by atoms with Gasteiger partial charge in [-0.25, -0.2) is 9.50 Å². The van der Waals surface area contributed by atoms with Gasteiger partial charge in [-0.05, 0) is 17.5 Å². The van der Waals surface area contributed by atoms with E-state index < -0.39 is 0 Å². The van der Waals surface area contributed by atoms with E-state index in [0.717, 1.165) is 17.9 Å². The van der Waals surface area contributed by atoms with E-state index in [1.807, 2.05) is 0 Å². The fourth-order valence-corrected chi connectivity index (χ4v) is 1.47. The molecule has 0 fully saturated rings. The van der Waals surface area contributed by atoms with Crippen molar-refractivity contribution < 1.29 is 5.11 Å². The highest BCUT2D eigenvalue weighted by molar-refractivity contribution is 5.40. The Morgan fingerprint density at radius 2 is 2.07 bits per heavy atom. The molecule has 4 nitrogen and oxygen atoms in total. The van der Waals surface area contributed by atoms with Crippen LogP contribution in [0.4, 0.5) is 0 Å². The molecule has 2 aromatic heterocycles. The summed E-state index contributed by atoms with van der Waals surface area (Å²) in [6.45, 7) is 6.45. The summed E-state index contributed by atoms with van der Waals surface area (Å²) in [5.41, 5.74) is 0.944. The first-order valence-electron chi connectivity index (χ1n) is 4.98. The van der Waals surface area contributed by atoms with Crippen molar-refractivity contribution in [2.24, 2.45) is 5.41 Å². The third kappa shape index (κ3) is 2.26. The van der Waals surface area contributed by atoms with Gasteiger partial charge < -0.3 is 5.11 Å². The smallest absolute Gasteiger partial charge is 0.155 e. The number of fused-ring (bicyclic) bond motifs is 1. The van der Waals surface area contributed by atoms with Gasteiger partial charge in [-0.3, -0.25) is 0 Å². The van der Waals surface area contributed by atoms with Crippen LogP contribution in [0, 0.1) is 5.41 Å². The number of aromatic nitrogens is 3. The van der Waals surface area contributed by atoms with Crippen molar-refractivity contribution in [3.8, 4) is 5.75 Å². The van der Waals surface area contributed by atoms with Crippen molar-refractivity contribution in [3.05, 3.63) is 24.2 Å². The highest BCUT2D eigenvalue weighted by Crippen LogP contribution is 2.19. The predicted octanol–water partition coefficient (Wildman–Crippen LogP) is 2.02. The van der Waals surface area contributed by atoms with E-state index in [-0.39, 0.29) is 11.2 Å². The molecule has 2 rings (SSSR count). The summed E-state index contributed by atoms with van der Waals surface area (Å²) in [5.74, 6) is 1.02. The van der Waals surface area contributed by atoms with Gasteiger partial charge in [0, 0.05) is 6.42 Å². The molecular formula is C11H15N3O. The Hall–Kier alpha value is -1.58. The van der Waals surface area contributed by atoms with E-state index in [2.05, 4.69) is 30.9 Å². The average Bonchev–Trinajstić information content (AvgIpc) is 2.42. The van der Waals surface area contributed by atoms with Gasteiger partial charge in [0.15, 0.2) is 11.5 Å². The van der Waals surface area contributed by atoms with Crippen molar-refractivity contribution in [1.29, 1.82) is 0 Å². The molecule has 0 radical (unpaired) electrons. The van der Waals surface area contributed by atoms with Crippen LogP contribution in [-0.4, -0.2) is 19.7 Å². The zero-order valence-electron chi connectivity index (χ0n) is 9.23. The Morgan fingerprint density at radius 3 is 2.73 bits per heavy atom. The SMILES string of the molecule is CC(C)(C)Cc1nc2ccc(O)cn2n1. The van der Waals surface area contributed by atoms with Gasteiger partial charge in [0.25, 0.3) is 0 Å². The van der Waals surface area contributed by atoms with E-state index in [1.165, 1.54) is 0 Å². The van der Waals surface area contributed by atoms with Gasteiger partial charge in [-0.2, -0.15) is 5.10 Å². The largest absolute Gasteiger partial charge is 0.506 e. The quantitative estimate of drug-likeness (QED) is 0.775. The highest BCUT2D eigenvalue weighted by atomic mass is 16.3.